The summed E-state index contributed by atoms with van der Waals surface area (Å²) in [6, 6.07) is 1.98. The maximum absolute atomic E-state index is 12.5. The quantitative estimate of drug-likeness (QED) is 0.567. The molecule has 138 valence electrons. The lowest BCUT2D eigenvalue weighted by atomic mass is 9.44. The monoisotopic (exact) mass is 358 g/mol. The lowest BCUT2D eigenvalue weighted by Gasteiger charge is -2.54. The number of furan rings is 1. The molecule has 0 radical (unpaired) electrons. The second kappa shape index (κ2) is 4.37. The van der Waals surface area contributed by atoms with Crippen molar-refractivity contribution < 1.29 is 28.2 Å². The Kier molecular flexibility index (Phi) is 2.46. The number of hydrogen-bond acceptors (Lipinski definition) is 6. The SMILES string of the molecule is C[C@@H]1[C@H]2C[C@@]34COC(=O)[C@H]3C[C@H]3O[C@H]3[C@@H]4[C@@]13C[C@H](c1ccoc1)O[C@@H]3O2. The van der Waals surface area contributed by atoms with Crippen molar-refractivity contribution >= 4 is 5.97 Å². The number of fused-ring (bicyclic) bond motifs is 3. The van der Waals surface area contributed by atoms with Gasteiger partial charge in [-0.25, -0.2) is 0 Å². The van der Waals surface area contributed by atoms with Crippen LogP contribution in [-0.4, -0.2) is 37.2 Å². The fourth-order valence-electron chi connectivity index (χ4n) is 7.38. The van der Waals surface area contributed by atoms with Crippen molar-refractivity contribution in [1.29, 1.82) is 0 Å². The van der Waals surface area contributed by atoms with Crippen LogP contribution in [0.1, 0.15) is 37.9 Å². The Labute approximate surface area is 151 Å². The topological polar surface area (TPSA) is 70.4 Å². The molecular weight excluding hydrogens is 336 g/mol. The van der Waals surface area contributed by atoms with Gasteiger partial charge < -0.3 is 23.4 Å². The number of carbonyl (C=O) groups excluding carboxylic acids is 1. The van der Waals surface area contributed by atoms with Gasteiger partial charge in [0, 0.05) is 22.3 Å². The first-order valence-electron chi connectivity index (χ1n) is 9.78. The van der Waals surface area contributed by atoms with Crippen LogP contribution in [-0.2, 0) is 23.7 Å². The zero-order chi connectivity index (χ0) is 17.3. The first-order valence-corrected chi connectivity index (χ1v) is 9.78. The molecule has 1 aromatic rings. The third-order valence-electron chi connectivity index (χ3n) is 8.54. The molecule has 6 aliphatic rings. The lowest BCUT2D eigenvalue weighted by molar-refractivity contribution is -0.152. The Hall–Kier alpha value is -1.37. The van der Waals surface area contributed by atoms with Crippen molar-refractivity contribution in [3.05, 3.63) is 24.2 Å². The van der Waals surface area contributed by atoms with Crippen molar-refractivity contribution in [3.8, 4) is 0 Å². The fraction of sp³-hybridized carbons (Fsp3) is 0.750. The highest BCUT2D eigenvalue weighted by Gasteiger charge is 2.80. The fourth-order valence-corrected chi connectivity index (χ4v) is 7.38. The zero-order valence-electron chi connectivity index (χ0n) is 14.6. The molecule has 5 heterocycles. The van der Waals surface area contributed by atoms with E-state index in [0.29, 0.717) is 12.5 Å². The molecule has 2 spiro atoms. The van der Waals surface area contributed by atoms with E-state index in [4.69, 9.17) is 23.4 Å². The Bertz CT molecular complexity index is 790. The van der Waals surface area contributed by atoms with Crippen LogP contribution in [0.5, 0.6) is 0 Å². The van der Waals surface area contributed by atoms with E-state index in [1.165, 1.54) is 0 Å². The molecule has 2 saturated carbocycles. The van der Waals surface area contributed by atoms with Gasteiger partial charge in [-0.15, -0.1) is 0 Å². The van der Waals surface area contributed by atoms with Crippen LogP contribution in [0.15, 0.2) is 23.0 Å². The normalized spacial score (nSPS) is 58.6. The summed E-state index contributed by atoms with van der Waals surface area (Å²) in [6.07, 6.45) is 6.37. The van der Waals surface area contributed by atoms with Crippen LogP contribution in [0.4, 0.5) is 0 Å². The van der Waals surface area contributed by atoms with E-state index in [0.717, 1.165) is 24.8 Å². The van der Waals surface area contributed by atoms with Gasteiger partial charge in [0.15, 0.2) is 6.29 Å². The van der Waals surface area contributed by atoms with E-state index in [9.17, 15) is 4.79 Å². The van der Waals surface area contributed by atoms with Gasteiger partial charge in [0.1, 0.15) is 0 Å². The van der Waals surface area contributed by atoms with Crippen LogP contribution in [0.2, 0.25) is 0 Å². The van der Waals surface area contributed by atoms with E-state index < -0.39 is 0 Å². The minimum absolute atomic E-state index is 0.0205. The number of carbonyl (C=O) groups is 1. The highest BCUT2D eigenvalue weighted by molar-refractivity contribution is 5.76. The van der Waals surface area contributed by atoms with Gasteiger partial charge in [0.05, 0.1) is 49.5 Å². The van der Waals surface area contributed by atoms with Gasteiger partial charge in [-0.3, -0.25) is 4.79 Å². The molecule has 26 heavy (non-hydrogen) atoms. The molecule has 2 aliphatic carbocycles. The molecular formula is C20H22O6. The summed E-state index contributed by atoms with van der Waals surface area (Å²) in [4.78, 5) is 12.5. The molecule has 6 nitrogen and oxygen atoms in total. The van der Waals surface area contributed by atoms with E-state index in [1.54, 1.807) is 12.5 Å². The van der Waals surface area contributed by atoms with Crippen LogP contribution >= 0.6 is 0 Å². The first-order chi connectivity index (χ1) is 12.6. The summed E-state index contributed by atoms with van der Waals surface area (Å²) in [5.74, 6) is 0.579. The summed E-state index contributed by atoms with van der Waals surface area (Å²) in [7, 11) is 0. The van der Waals surface area contributed by atoms with Crippen LogP contribution in [0.3, 0.4) is 0 Å². The Morgan fingerprint density at radius 3 is 2.92 bits per heavy atom. The second-order valence-electron chi connectivity index (χ2n) is 9.24. The third-order valence-corrected chi connectivity index (χ3v) is 8.54. The van der Waals surface area contributed by atoms with E-state index >= 15 is 0 Å². The molecule has 10 atom stereocenters. The number of esters is 1. The van der Waals surface area contributed by atoms with Crippen molar-refractivity contribution in [2.75, 3.05) is 6.61 Å². The summed E-state index contributed by atoms with van der Waals surface area (Å²) in [5.41, 5.74) is 0.812. The number of ether oxygens (including phenoxy) is 4. The van der Waals surface area contributed by atoms with Crippen LogP contribution in [0, 0.1) is 28.6 Å². The van der Waals surface area contributed by atoms with Crippen molar-refractivity contribution in [2.45, 2.75) is 56.9 Å². The van der Waals surface area contributed by atoms with Crippen molar-refractivity contribution in [1.82, 2.24) is 0 Å². The van der Waals surface area contributed by atoms with E-state index in [2.05, 4.69) is 6.92 Å². The zero-order valence-corrected chi connectivity index (χ0v) is 14.6. The smallest absolute Gasteiger partial charge is 0.309 e. The number of epoxide rings is 1. The van der Waals surface area contributed by atoms with Crippen molar-refractivity contribution in [2.24, 2.45) is 28.6 Å². The van der Waals surface area contributed by atoms with Crippen LogP contribution < -0.4 is 0 Å². The molecule has 0 unspecified atom stereocenters. The number of cyclic esters (lactones) is 1. The molecule has 0 N–H and O–H groups in total. The molecule has 0 amide bonds. The maximum Gasteiger partial charge on any atom is 0.309 e. The first kappa shape index (κ1) is 14.7. The minimum Gasteiger partial charge on any atom is -0.472 e. The largest absolute Gasteiger partial charge is 0.472 e. The molecule has 7 rings (SSSR count). The summed E-state index contributed by atoms with van der Waals surface area (Å²) >= 11 is 0. The molecule has 4 saturated heterocycles. The average molecular weight is 358 g/mol. The van der Waals surface area contributed by atoms with Gasteiger partial charge in [-0.05, 0) is 31.2 Å². The number of hydrogen-bond donors (Lipinski definition) is 0. The summed E-state index contributed by atoms with van der Waals surface area (Å²) < 4.78 is 29.9. The molecule has 0 aromatic carbocycles. The Balaban J connectivity index is 1.38. The summed E-state index contributed by atoms with van der Waals surface area (Å²) in [6.45, 7) is 2.82. The Morgan fingerprint density at radius 1 is 1.15 bits per heavy atom. The highest BCUT2D eigenvalue weighted by Crippen LogP contribution is 2.75. The summed E-state index contributed by atoms with van der Waals surface area (Å²) in [5, 5.41) is 0. The van der Waals surface area contributed by atoms with Crippen LogP contribution in [0.25, 0.3) is 0 Å². The molecule has 4 aliphatic heterocycles. The maximum atomic E-state index is 12.5. The lowest BCUT2D eigenvalue weighted by Crippen LogP contribution is -2.60. The van der Waals surface area contributed by atoms with E-state index in [1.807, 2.05) is 6.07 Å². The minimum atomic E-state index is -0.230. The second-order valence-corrected chi connectivity index (χ2v) is 9.24. The van der Waals surface area contributed by atoms with Gasteiger partial charge in [-0.1, -0.05) is 6.92 Å². The predicted octanol–water partition coefficient (Wildman–Crippen LogP) is 2.44. The third kappa shape index (κ3) is 1.44. The highest BCUT2D eigenvalue weighted by atomic mass is 16.7. The molecule has 2 bridgehead atoms. The van der Waals surface area contributed by atoms with Gasteiger partial charge in [0.25, 0.3) is 0 Å². The van der Waals surface area contributed by atoms with Crippen molar-refractivity contribution in [3.63, 3.8) is 0 Å². The average Bonchev–Trinajstić information content (AvgIpc) is 2.93. The molecule has 6 fully saturated rings. The van der Waals surface area contributed by atoms with E-state index in [-0.39, 0.29) is 59.3 Å². The van der Waals surface area contributed by atoms with Gasteiger partial charge >= 0.3 is 5.97 Å². The predicted molar refractivity (Wildman–Crippen MR) is 85.7 cm³/mol. The van der Waals surface area contributed by atoms with Gasteiger partial charge in [-0.2, -0.15) is 0 Å². The Morgan fingerprint density at radius 2 is 2.08 bits per heavy atom. The molecule has 6 heteroatoms. The number of rotatable bonds is 1. The van der Waals surface area contributed by atoms with Gasteiger partial charge in [0.2, 0.25) is 0 Å². The molecule has 1 aromatic heterocycles. The standard InChI is InChI=1S/C20H22O6/c1-9-13-5-19-8-23-17(21)11(19)4-12-15(24-12)16(19)20(9)6-14(26-18(20)25-13)10-2-3-22-7-10/h2-3,7,9,11-16,18H,4-6,8H2,1H3/t9-,11-,12-,13-,14-,15-,16+,18+,19-,20-/m1/s1.